The Morgan fingerprint density at radius 1 is 1.21 bits per heavy atom. The number of rotatable bonds is 1. The highest BCUT2D eigenvalue weighted by molar-refractivity contribution is 7.80. The molecule has 2 rings (SSSR count). The van der Waals surface area contributed by atoms with Gasteiger partial charge in [-0.05, 0) is 30.8 Å². The average molecular weight is 204 g/mol. The molecule has 0 aliphatic carbocycles. The summed E-state index contributed by atoms with van der Waals surface area (Å²) in [6.45, 7) is 2.02. The highest BCUT2D eigenvalue weighted by Gasteiger charge is 2.14. The first-order chi connectivity index (χ1) is 6.75. The van der Waals surface area contributed by atoms with E-state index in [0.717, 1.165) is 5.70 Å². The van der Waals surface area contributed by atoms with Gasteiger partial charge in [0.05, 0.1) is 6.04 Å². The third kappa shape index (κ3) is 1.93. The summed E-state index contributed by atoms with van der Waals surface area (Å²) in [6, 6.07) is 10.5. The number of hydrogen-bond acceptors (Lipinski definition) is 1. The zero-order valence-corrected chi connectivity index (χ0v) is 8.77. The van der Waals surface area contributed by atoms with E-state index in [1.54, 1.807) is 0 Å². The Labute approximate surface area is 89.0 Å². The average Bonchev–Trinajstić information content (AvgIpc) is 2.18. The highest BCUT2D eigenvalue weighted by atomic mass is 32.1. The molecule has 2 nitrogen and oxygen atoms in total. The van der Waals surface area contributed by atoms with Gasteiger partial charge in [0.25, 0.3) is 0 Å². The summed E-state index contributed by atoms with van der Waals surface area (Å²) >= 11 is 5.10. The molecule has 1 heterocycles. The van der Waals surface area contributed by atoms with Crippen LogP contribution in [0.1, 0.15) is 18.5 Å². The van der Waals surface area contributed by atoms with Crippen molar-refractivity contribution < 1.29 is 0 Å². The summed E-state index contributed by atoms with van der Waals surface area (Å²) in [7, 11) is 0. The van der Waals surface area contributed by atoms with Gasteiger partial charge in [-0.2, -0.15) is 0 Å². The number of nitrogens with one attached hydrogen (secondary N) is 2. The lowest BCUT2D eigenvalue weighted by Crippen LogP contribution is -2.40. The van der Waals surface area contributed by atoms with Gasteiger partial charge in [-0.3, -0.25) is 0 Å². The van der Waals surface area contributed by atoms with Crippen molar-refractivity contribution in [1.82, 2.24) is 10.6 Å². The molecule has 1 atom stereocenters. The maximum atomic E-state index is 5.10. The van der Waals surface area contributed by atoms with Gasteiger partial charge in [-0.15, -0.1) is 0 Å². The molecule has 72 valence electrons. The summed E-state index contributed by atoms with van der Waals surface area (Å²) in [5.74, 6) is 0. The minimum Gasteiger partial charge on any atom is -0.352 e. The fourth-order valence-electron chi connectivity index (χ4n) is 1.53. The first-order valence-corrected chi connectivity index (χ1v) is 4.97. The van der Waals surface area contributed by atoms with Crippen LogP contribution in [0.4, 0.5) is 0 Å². The van der Waals surface area contributed by atoms with E-state index in [2.05, 4.69) is 28.8 Å². The quantitative estimate of drug-likeness (QED) is 0.685. The lowest BCUT2D eigenvalue weighted by Gasteiger charge is -2.24. The van der Waals surface area contributed by atoms with Crippen LogP contribution in [0.2, 0.25) is 0 Å². The molecule has 0 amide bonds. The van der Waals surface area contributed by atoms with Crippen molar-refractivity contribution in [3.8, 4) is 0 Å². The smallest absolute Gasteiger partial charge is 0.171 e. The molecule has 0 unspecified atom stereocenters. The molecule has 0 fully saturated rings. The van der Waals surface area contributed by atoms with E-state index in [1.807, 2.05) is 25.1 Å². The Hall–Kier alpha value is -1.35. The molecule has 1 aromatic rings. The molecule has 0 spiro atoms. The summed E-state index contributed by atoms with van der Waals surface area (Å²) in [5, 5.41) is 6.96. The third-order valence-electron chi connectivity index (χ3n) is 2.17. The molecular weight excluding hydrogens is 192 g/mol. The summed E-state index contributed by atoms with van der Waals surface area (Å²) in [5.41, 5.74) is 2.33. The number of benzene rings is 1. The van der Waals surface area contributed by atoms with Gasteiger partial charge in [0, 0.05) is 5.70 Å². The lowest BCUT2D eigenvalue weighted by atomic mass is 10.1. The first kappa shape index (κ1) is 9.21. The Kier molecular flexibility index (Phi) is 2.50. The maximum absolute atomic E-state index is 5.10. The topological polar surface area (TPSA) is 24.1 Å². The monoisotopic (exact) mass is 204 g/mol. The van der Waals surface area contributed by atoms with Crippen LogP contribution < -0.4 is 10.6 Å². The Bertz CT molecular complexity index is 370. The number of hydrogen-bond donors (Lipinski definition) is 2. The molecule has 0 saturated carbocycles. The molecule has 2 N–H and O–H groups in total. The van der Waals surface area contributed by atoms with E-state index >= 15 is 0 Å². The van der Waals surface area contributed by atoms with Crippen LogP contribution in [0.15, 0.2) is 42.1 Å². The number of allylic oxidation sites excluding steroid dienone is 1. The third-order valence-corrected chi connectivity index (χ3v) is 2.39. The largest absolute Gasteiger partial charge is 0.352 e. The molecular formula is C11H12N2S. The molecule has 1 aliphatic heterocycles. The van der Waals surface area contributed by atoms with Crippen molar-refractivity contribution in [2.24, 2.45) is 0 Å². The van der Waals surface area contributed by atoms with Crippen LogP contribution in [-0.4, -0.2) is 5.11 Å². The molecule has 1 aromatic carbocycles. The van der Waals surface area contributed by atoms with Crippen LogP contribution in [0.25, 0.3) is 0 Å². The minimum absolute atomic E-state index is 0.199. The van der Waals surface area contributed by atoms with Crippen LogP contribution in [-0.2, 0) is 0 Å². The normalized spacial score (nSPS) is 20.8. The second-order valence-corrected chi connectivity index (χ2v) is 3.74. The van der Waals surface area contributed by atoms with Crippen LogP contribution in [0.5, 0.6) is 0 Å². The zero-order valence-electron chi connectivity index (χ0n) is 7.95. The lowest BCUT2D eigenvalue weighted by molar-refractivity contribution is 0.739. The first-order valence-electron chi connectivity index (χ1n) is 4.56. The fourth-order valence-corrected chi connectivity index (χ4v) is 1.82. The fraction of sp³-hybridized carbons (Fsp3) is 0.182. The predicted molar refractivity (Wildman–Crippen MR) is 61.8 cm³/mol. The molecule has 3 heteroatoms. The molecule has 14 heavy (non-hydrogen) atoms. The van der Waals surface area contributed by atoms with Crippen LogP contribution in [0, 0.1) is 0 Å². The Balaban J connectivity index is 2.28. The Morgan fingerprint density at radius 2 is 1.93 bits per heavy atom. The van der Waals surface area contributed by atoms with Gasteiger partial charge in [0.1, 0.15) is 0 Å². The molecule has 0 radical (unpaired) electrons. The van der Waals surface area contributed by atoms with Crippen molar-refractivity contribution in [3.63, 3.8) is 0 Å². The van der Waals surface area contributed by atoms with E-state index in [-0.39, 0.29) is 6.04 Å². The van der Waals surface area contributed by atoms with E-state index < -0.39 is 0 Å². The predicted octanol–water partition coefficient (Wildman–Crippen LogP) is 2.11. The maximum Gasteiger partial charge on any atom is 0.171 e. The van der Waals surface area contributed by atoms with Gasteiger partial charge in [0.2, 0.25) is 0 Å². The molecule has 0 saturated heterocycles. The molecule has 0 bridgehead atoms. The van der Waals surface area contributed by atoms with Crippen LogP contribution >= 0.6 is 12.2 Å². The van der Waals surface area contributed by atoms with Gasteiger partial charge < -0.3 is 10.6 Å². The Morgan fingerprint density at radius 3 is 2.57 bits per heavy atom. The zero-order chi connectivity index (χ0) is 9.97. The second-order valence-electron chi connectivity index (χ2n) is 3.34. The van der Waals surface area contributed by atoms with Crippen molar-refractivity contribution in [3.05, 3.63) is 47.7 Å². The van der Waals surface area contributed by atoms with Crippen LogP contribution in [0.3, 0.4) is 0 Å². The van der Waals surface area contributed by atoms with E-state index in [4.69, 9.17) is 12.2 Å². The van der Waals surface area contributed by atoms with Gasteiger partial charge in [0.15, 0.2) is 5.11 Å². The minimum atomic E-state index is 0.199. The molecule has 0 aromatic heterocycles. The second kappa shape index (κ2) is 3.80. The van der Waals surface area contributed by atoms with Gasteiger partial charge in [-0.1, -0.05) is 30.3 Å². The number of thiocarbonyl (C=S) groups is 1. The standard InChI is InChI=1S/C11H12N2S/c1-8-7-10(13-11(14)12-8)9-5-3-2-4-6-9/h2-7,10H,1H3,(H2,12,13,14)/t10-/m0/s1. The summed E-state index contributed by atoms with van der Waals surface area (Å²) in [6.07, 6.45) is 2.13. The van der Waals surface area contributed by atoms with Gasteiger partial charge >= 0.3 is 0 Å². The molecule has 1 aliphatic rings. The summed E-state index contributed by atoms with van der Waals surface area (Å²) in [4.78, 5) is 0. The van der Waals surface area contributed by atoms with E-state index in [9.17, 15) is 0 Å². The SMILES string of the molecule is CC1=C[C@@H](c2ccccc2)NC(=S)N1. The van der Waals surface area contributed by atoms with Crippen molar-refractivity contribution in [1.29, 1.82) is 0 Å². The van der Waals surface area contributed by atoms with E-state index in [0.29, 0.717) is 5.11 Å². The summed E-state index contributed by atoms with van der Waals surface area (Å²) < 4.78 is 0. The van der Waals surface area contributed by atoms with Crippen molar-refractivity contribution in [2.75, 3.05) is 0 Å². The highest BCUT2D eigenvalue weighted by Crippen LogP contribution is 2.17. The van der Waals surface area contributed by atoms with Crippen molar-refractivity contribution >= 4 is 17.3 Å². The van der Waals surface area contributed by atoms with E-state index in [1.165, 1.54) is 5.56 Å². The van der Waals surface area contributed by atoms with Gasteiger partial charge in [-0.25, -0.2) is 0 Å². The van der Waals surface area contributed by atoms with Crippen molar-refractivity contribution in [2.45, 2.75) is 13.0 Å².